The molecular weight excluding hydrogens is 558 g/mol. The first-order valence-corrected chi connectivity index (χ1v) is 14.2. The second-order valence-corrected chi connectivity index (χ2v) is 10.9. The van der Waals surface area contributed by atoms with Crippen LogP contribution in [0.4, 0.5) is 0 Å². The number of rotatable bonds is 9. The number of carboxylic acid groups (broad SMARTS) is 1. The molecular formula is C35H33N3O6. The van der Waals surface area contributed by atoms with Crippen LogP contribution in [0, 0.1) is 0 Å². The van der Waals surface area contributed by atoms with Gasteiger partial charge >= 0.3 is 5.97 Å². The van der Waals surface area contributed by atoms with Crippen molar-refractivity contribution >= 4 is 22.8 Å². The summed E-state index contributed by atoms with van der Waals surface area (Å²) in [6.07, 6.45) is 0.581. The minimum atomic E-state index is -1.03. The van der Waals surface area contributed by atoms with E-state index in [1.165, 1.54) is 0 Å². The Kier molecular flexibility index (Phi) is 7.48. The SMILES string of the molecule is COc1cc(OC)c(CC2(c3ccc(-c4ccccc4)cc3)NC(C(N)=O)Cc3c2[nH]c2ccc(C(=O)O)cc32)c(OC)c1. The summed E-state index contributed by atoms with van der Waals surface area (Å²) < 4.78 is 17.2. The Morgan fingerprint density at radius 3 is 2.14 bits per heavy atom. The molecule has 1 amide bonds. The van der Waals surface area contributed by atoms with Gasteiger partial charge in [0.25, 0.3) is 0 Å². The summed E-state index contributed by atoms with van der Waals surface area (Å²) in [6.45, 7) is 0. The van der Waals surface area contributed by atoms with Crippen molar-refractivity contribution in [2.75, 3.05) is 21.3 Å². The zero-order chi connectivity index (χ0) is 31.0. The smallest absolute Gasteiger partial charge is 0.335 e. The summed E-state index contributed by atoms with van der Waals surface area (Å²) in [6, 6.07) is 26.1. The molecule has 44 heavy (non-hydrogen) atoms. The number of fused-ring (bicyclic) bond motifs is 3. The molecule has 0 spiro atoms. The van der Waals surface area contributed by atoms with Gasteiger partial charge < -0.3 is 30.0 Å². The molecule has 0 bridgehead atoms. The number of carbonyl (C=O) groups is 2. The van der Waals surface area contributed by atoms with Crippen LogP contribution in [0.1, 0.15) is 32.7 Å². The average Bonchev–Trinajstić information content (AvgIpc) is 3.43. The monoisotopic (exact) mass is 591 g/mol. The van der Waals surface area contributed by atoms with Crippen LogP contribution in [-0.4, -0.2) is 49.3 Å². The lowest BCUT2D eigenvalue weighted by Gasteiger charge is -2.42. The quantitative estimate of drug-likeness (QED) is 0.188. The Morgan fingerprint density at radius 2 is 1.55 bits per heavy atom. The molecule has 0 saturated heterocycles. The maximum atomic E-state index is 12.9. The standard InChI is InChI=1S/C35H33N3O6/c1-42-24-16-30(43-2)27(31(17-24)44-3)19-35(23-12-9-21(10-13-23)20-7-5-4-6-8-20)32-26(18-29(38-35)33(36)39)25-15-22(34(40)41)11-14-28(25)37-32/h4-17,29,37-38H,18-19H2,1-3H3,(H2,36,39)(H,40,41). The molecule has 1 aliphatic rings. The van der Waals surface area contributed by atoms with Crippen LogP contribution in [0.25, 0.3) is 22.0 Å². The van der Waals surface area contributed by atoms with Gasteiger partial charge in [0.1, 0.15) is 17.2 Å². The van der Waals surface area contributed by atoms with Gasteiger partial charge in [-0.25, -0.2) is 4.79 Å². The third-order valence-corrected chi connectivity index (χ3v) is 8.50. The second kappa shape index (κ2) is 11.4. The number of primary amides is 1. The van der Waals surface area contributed by atoms with Gasteiger partial charge in [0, 0.05) is 40.7 Å². The maximum absolute atomic E-state index is 12.9. The van der Waals surface area contributed by atoms with Gasteiger partial charge in [-0.2, -0.15) is 0 Å². The number of ether oxygens (including phenoxy) is 3. The topological polar surface area (TPSA) is 136 Å². The van der Waals surface area contributed by atoms with Crippen molar-refractivity contribution in [3.05, 3.63) is 113 Å². The average molecular weight is 592 g/mol. The zero-order valence-electron chi connectivity index (χ0n) is 24.6. The van der Waals surface area contributed by atoms with E-state index >= 15 is 0 Å². The van der Waals surface area contributed by atoms with E-state index in [2.05, 4.69) is 34.6 Å². The molecule has 4 aromatic carbocycles. The number of carbonyl (C=O) groups excluding carboxylic acids is 1. The summed E-state index contributed by atoms with van der Waals surface area (Å²) >= 11 is 0. The largest absolute Gasteiger partial charge is 0.496 e. The Bertz CT molecular complexity index is 1840. The molecule has 9 heteroatoms. The molecule has 0 fully saturated rings. The van der Waals surface area contributed by atoms with Crippen molar-refractivity contribution in [1.82, 2.24) is 10.3 Å². The number of nitrogens with two attached hydrogens (primary N) is 1. The number of hydrogen-bond donors (Lipinski definition) is 4. The van der Waals surface area contributed by atoms with E-state index in [9.17, 15) is 14.7 Å². The molecule has 1 aliphatic heterocycles. The number of amides is 1. The van der Waals surface area contributed by atoms with Gasteiger partial charge in [0.2, 0.25) is 5.91 Å². The van der Waals surface area contributed by atoms with Crippen LogP contribution in [0.15, 0.2) is 84.9 Å². The summed E-state index contributed by atoms with van der Waals surface area (Å²) in [4.78, 5) is 28.4. The minimum absolute atomic E-state index is 0.157. The number of benzene rings is 4. The van der Waals surface area contributed by atoms with Gasteiger partial charge in [-0.3, -0.25) is 10.1 Å². The van der Waals surface area contributed by atoms with Crippen molar-refractivity contribution in [2.24, 2.45) is 5.73 Å². The van der Waals surface area contributed by atoms with Crippen molar-refractivity contribution in [3.63, 3.8) is 0 Å². The lowest BCUT2D eigenvalue weighted by atomic mass is 9.74. The molecule has 1 aromatic heterocycles. The molecule has 2 heterocycles. The van der Waals surface area contributed by atoms with Crippen LogP contribution < -0.4 is 25.3 Å². The number of nitrogens with one attached hydrogen (secondary N) is 2. The number of carboxylic acids is 1. The molecule has 0 radical (unpaired) electrons. The zero-order valence-corrected chi connectivity index (χ0v) is 24.6. The van der Waals surface area contributed by atoms with Gasteiger partial charge in [-0.1, -0.05) is 54.6 Å². The second-order valence-electron chi connectivity index (χ2n) is 10.9. The molecule has 2 atom stereocenters. The normalized spacial score (nSPS) is 17.6. The minimum Gasteiger partial charge on any atom is -0.496 e. The first kappa shape index (κ1) is 28.8. The van der Waals surface area contributed by atoms with Gasteiger partial charge in [0.15, 0.2) is 0 Å². The summed E-state index contributed by atoms with van der Waals surface area (Å²) in [5, 5.41) is 14.1. The molecule has 2 unspecified atom stereocenters. The van der Waals surface area contributed by atoms with Crippen molar-refractivity contribution in [2.45, 2.75) is 24.4 Å². The number of aromatic carboxylic acids is 1. The third-order valence-electron chi connectivity index (χ3n) is 8.50. The van der Waals surface area contributed by atoms with Crippen LogP contribution in [-0.2, 0) is 23.2 Å². The van der Waals surface area contributed by atoms with Crippen molar-refractivity contribution < 1.29 is 28.9 Å². The predicted molar refractivity (Wildman–Crippen MR) is 168 cm³/mol. The van der Waals surface area contributed by atoms with Gasteiger partial charge in [-0.05, 0) is 46.9 Å². The van der Waals surface area contributed by atoms with Crippen LogP contribution in [0.5, 0.6) is 17.2 Å². The van der Waals surface area contributed by atoms with Crippen LogP contribution in [0.2, 0.25) is 0 Å². The van der Waals surface area contributed by atoms with Crippen molar-refractivity contribution in [1.29, 1.82) is 0 Å². The molecule has 5 aromatic rings. The molecule has 0 saturated carbocycles. The molecule has 9 nitrogen and oxygen atoms in total. The van der Waals surface area contributed by atoms with E-state index in [1.54, 1.807) is 51.7 Å². The van der Waals surface area contributed by atoms with E-state index < -0.39 is 23.5 Å². The fourth-order valence-electron chi connectivity index (χ4n) is 6.32. The third kappa shape index (κ3) is 4.91. The van der Waals surface area contributed by atoms with E-state index in [1.807, 2.05) is 30.3 Å². The van der Waals surface area contributed by atoms with Crippen molar-refractivity contribution in [3.8, 4) is 28.4 Å². The van der Waals surface area contributed by atoms with Crippen LogP contribution >= 0.6 is 0 Å². The maximum Gasteiger partial charge on any atom is 0.335 e. The molecule has 6 rings (SSSR count). The summed E-state index contributed by atoms with van der Waals surface area (Å²) in [5.74, 6) is 0.129. The fraction of sp³-hybridized carbons (Fsp3) is 0.200. The van der Waals surface area contributed by atoms with E-state index in [0.717, 1.165) is 44.4 Å². The van der Waals surface area contributed by atoms with E-state index in [-0.39, 0.29) is 12.0 Å². The fourth-order valence-corrected chi connectivity index (χ4v) is 6.32. The molecule has 0 aliphatic carbocycles. The summed E-state index contributed by atoms with van der Waals surface area (Å²) in [5.41, 5.74) is 11.2. The lowest BCUT2D eigenvalue weighted by molar-refractivity contribution is -0.120. The molecule has 224 valence electrons. The van der Waals surface area contributed by atoms with E-state index in [4.69, 9.17) is 19.9 Å². The highest BCUT2D eigenvalue weighted by atomic mass is 16.5. The van der Waals surface area contributed by atoms with Gasteiger partial charge in [-0.15, -0.1) is 0 Å². The lowest BCUT2D eigenvalue weighted by Crippen LogP contribution is -2.59. The first-order chi connectivity index (χ1) is 21.3. The Morgan fingerprint density at radius 1 is 0.886 bits per heavy atom. The molecule has 5 N–H and O–H groups in total. The highest BCUT2D eigenvalue weighted by Gasteiger charge is 2.46. The highest BCUT2D eigenvalue weighted by Crippen LogP contribution is 2.46. The number of methoxy groups -OCH3 is 3. The predicted octanol–water partition coefficient (Wildman–Crippen LogP) is 5.04. The first-order valence-electron chi connectivity index (χ1n) is 14.2. The Labute approximate surface area is 254 Å². The number of H-pyrrole nitrogens is 1. The van der Waals surface area contributed by atoms with Crippen LogP contribution in [0.3, 0.4) is 0 Å². The van der Waals surface area contributed by atoms with E-state index in [0.29, 0.717) is 23.7 Å². The number of hydrogen-bond acceptors (Lipinski definition) is 6. The van der Waals surface area contributed by atoms with Gasteiger partial charge in [0.05, 0.1) is 38.5 Å². The number of aromatic amines is 1. The number of aromatic nitrogens is 1. The summed E-state index contributed by atoms with van der Waals surface area (Å²) in [7, 11) is 4.74. The Balaban J connectivity index is 1.63. The Hall–Kier alpha value is -5.28. The highest BCUT2D eigenvalue weighted by molar-refractivity contribution is 5.96.